The molecule has 15 heteroatoms. The molecule has 0 aliphatic heterocycles. The Labute approximate surface area is 189 Å². The van der Waals surface area contributed by atoms with Gasteiger partial charge in [0.15, 0.2) is 0 Å². The minimum absolute atomic E-state index is 0.0233. The second kappa shape index (κ2) is 9.11. The molecule has 3 heterocycles. The number of carbonyl (C=O) groups is 2. The van der Waals surface area contributed by atoms with E-state index in [2.05, 4.69) is 46.5 Å². The number of thiazole rings is 1. The highest BCUT2D eigenvalue weighted by molar-refractivity contribution is 9.10. The number of hydrogen-bond acceptors (Lipinski definition) is 8. The number of nitrogens with zero attached hydrogens (tertiary/aromatic N) is 4. The summed E-state index contributed by atoms with van der Waals surface area (Å²) >= 11 is 9.56. The summed E-state index contributed by atoms with van der Waals surface area (Å²) in [5.41, 5.74) is 4.50. The summed E-state index contributed by atoms with van der Waals surface area (Å²) in [6.07, 6.45) is -1.54. The Hall–Kier alpha value is -2.84. The molecule has 3 aromatic heterocycles. The lowest BCUT2D eigenvalue weighted by atomic mass is 10.2. The molecular weight excluding hydrogens is 527 g/mol. The largest absolute Gasteiger partial charge is 0.418 e. The van der Waals surface area contributed by atoms with E-state index in [0.29, 0.717) is 11.1 Å². The van der Waals surface area contributed by atoms with Crippen molar-refractivity contribution in [2.45, 2.75) is 12.7 Å². The summed E-state index contributed by atoms with van der Waals surface area (Å²) in [6.45, 7) is -0.0233. The zero-order valence-electron chi connectivity index (χ0n) is 15.0. The van der Waals surface area contributed by atoms with Gasteiger partial charge >= 0.3 is 6.18 Å². The number of aromatic nitrogens is 4. The van der Waals surface area contributed by atoms with Gasteiger partial charge in [0.1, 0.15) is 33.5 Å². The minimum Gasteiger partial charge on any atom is -0.383 e. The van der Waals surface area contributed by atoms with Gasteiger partial charge in [-0.2, -0.15) is 13.2 Å². The maximum Gasteiger partial charge on any atom is 0.418 e. The topological polar surface area (TPSA) is 136 Å². The van der Waals surface area contributed by atoms with E-state index in [-0.39, 0.29) is 33.2 Å². The number of nitrogen functional groups attached to an aromatic ring is 1. The average molecular weight is 537 g/mol. The third kappa shape index (κ3) is 5.45. The number of nitrogens with two attached hydrogens (primary N) is 1. The lowest BCUT2D eigenvalue weighted by Crippen LogP contribution is -2.24. The van der Waals surface area contributed by atoms with Gasteiger partial charge in [0, 0.05) is 6.20 Å². The van der Waals surface area contributed by atoms with E-state index in [1.54, 1.807) is 0 Å². The number of pyridine rings is 1. The predicted molar refractivity (Wildman–Crippen MR) is 110 cm³/mol. The molecule has 0 unspecified atom stereocenters. The smallest absolute Gasteiger partial charge is 0.383 e. The third-order valence-corrected chi connectivity index (χ3v) is 5.69. The summed E-state index contributed by atoms with van der Waals surface area (Å²) in [7, 11) is 0. The molecule has 0 spiro atoms. The van der Waals surface area contributed by atoms with Crippen molar-refractivity contribution >= 4 is 62.3 Å². The van der Waals surface area contributed by atoms with Gasteiger partial charge < -0.3 is 16.4 Å². The zero-order valence-corrected chi connectivity index (χ0v) is 18.2. The van der Waals surface area contributed by atoms with Crippen LogP contribution in [-0.2, 0) is 12.7 Å². The fourth-order valence-corrected chi connectivity index (χ4v) is 3.53. The highest BCUT2D eigenvalue weighted by Gasteiger charge is 2.34. The standard InChI is InChI=1S/C16H10BrClF3N7O2S/c17-11-12(26-5-27-13(11)22)15(30)25-4-10-24-3-8(31-10)14(29)28-9-1-6(16(19,20)21)7(18)2-23-9/h1-3,5H,4H2,(H,25,30)(H2,22,26,27)(H,23,28,29). The SMILES string of the molecule is Nc1ncnc(C(=O)NCc2ncc(C(=O)Nc3cc(C(F)(F)F)c(Cl)cn3)s2)c1Br. The summed E-state index contributed by atoms with van der Waals surface area (Å²) in [4.78, 5) is 39.9. The van der Waals surface area contributed by atoms with Crippen molar-refractivity contribution in [2.24, 2.45) is 0 Å². The van der Waals surface area contributed by atoms with Crippen molar-refractivity contribution in [3.63, 3.8) is 0 Å². The molecule has 3 rings (SSSR count). The Morgan fingerprint density at radius 2 is 1.90 bits per heavy atom. The Morgan fingerprint density at radius 1 is 1.16 bits per heavy atom. The quantitative estimate of drug-likeness (QED) is 0.454. The molecule has 0 fully saturated rings. The Kier molecular flexibility index (Phi) is 6.71. The van der Waals surface area contributed by atoms with Gasteiger partial charge in [-0.05, 0) is 22.0 Å². The van der Waals surface area contributed by atoms with E-state index >= 15 is 0 Å². The molecule has 162 valence electrons. The van der Waals surface area contributed by atoms with Gasteiger partial charge in [-0.3, -0.25) is 9.59 Å². The normalized spacial score (nSPS) is 11.3. The molecule has 0 bridgehead atoms. The van der Waals surface area contributed by atoms with E-state index in [1.165, 1.54) is 6.20 Å². The van der Waals surface area contributed by atoms with Crippen molar-refractivity contribution in [3.8, 4) is 0 Å². The van der Waals surface area contributed by atoms with E-state index in [0.717, 1.165) is 23.9 Å². The van der Waals surface area contributed by atoms with Gasteiger partial charge in [-0.25, -0.2) is 19.9 Å². The molecular formula is C16H10BrClF3N7O2S. The van der Waals surface area contributed by atoms with Crippen LogP contribution in [0.25, 0.3) is 0 Å². The van der Waals surface area contributed by atoms with Gasteiger partial charge in [0.05, 0.1) is 27.8 Å². The number of hydrogen-bond donors (Lipinski definition) is 3. The number of anilines is 2. The second-order valence-corrected chi connectivity index (χ2v) is 8.04. The first-order valence-corrected chi connectivity index (χ1v) is 10.1. The number of carbonyl (C=O) groups excluding carboxylic acids is 2. The molecule has 4 N–H and O–H groups in total. The highest BCUT2D eigenvalue weighted by Crippen LogP contribution is 2.35. The molecule has 0 radical (unpaired) electrons. The summed E-state index contributed by atoms with van der Waals surface area (Å²) < 4.78 is 39.0. The summed E-state index contributed by atoms with van der Waals surface area (Å²) in [6, 6.07) is 0.633. The molecule has 0 aliphatic rings. The molecule has 9 nitrogen and oxygen atoms in total. The van der Waals surface area contributed by atoms with Crippen LogP contribution < -0.4 is 16.4 Å². The van der Waals surface area contributed by atoms with Crippen LogP contribution in [-0.4, -0.2) is 31.8 Å². The molecule has 31 heavy (non-hydrogen) atoms. The fourth-order valence-electron chi connectivity index (χ4n) is 2.18. The lowest BCUT2D eigenvalue weighted by molar-refractivity contribution is -0.137. The van der Waals surface area contributed by atoms with Crippen LogP contribution in [0.15, 0.2) is 29.3 Å². The Bertz CT molecular complexity index is 1160. The van der Waals surface area contributed by atoms with Gasteiger partial charge in [-0.1, -0.05) is 11.6 Å². The molecule has 0 atom stereocenters. The van der Waals surface area contributed by atoms with E-state index in [1.807, 2.05) is 0 Å². The van der Waals surface area contributed by atoms with Crippen molar-refractivity contribution in [2.75, 3.05) is 11.1 Å². The first kappa shape index (κ1) is 22.8. The van der Waals surface area contributed by atoms with Gasteiger partial charge in [0.25, 0.3) is 11.8 Å². The average Bonchev–Trinajstić information content (AvgIpc) is 3.18. The number of halogens is 5. The molecule has 2 amide bonds. The Balaban J connectivity index is 1.65. The third-order valence-electron chi connectivity index (χ3n) is 3.61. The monoisotopic (exact) mass is 535 g/mol. The maximum atomic E-state index is 12.9. The van der Waals surface area contributed by atoms with Crippen LogP contribution >= 0.6 is 38.9 Å². The lowest BCUT2D eigenvalue weighted by Gasteiger charge is -2.10. The zero-order chi connectivity index (χ0) is 22.8. The van der Waals surface area contributed by atoms with Crippen LogP contribution in [0.2, 0.25) is 5.02 Å². The number of nitrogens with one attached hydrogen (secondary N) is 2. The number of alkyl halides is 3. The van der Waals surface area contributed by atoms with Crippen LogP contribution in [0.4, 0.5) is 24.8 Å². The summed E-state index contributed by atoms with van der Waals surface area (Å²) in [5, 5.41) is 4.61. The molecule has 0 saturated carbocycles. The second-order valence-electron chi connectivity index (χ2n) is 5.72. The van der Waals surface area contributed by atoms with Gasteiger partial charge in [0.2, 0.25) is 0 Å². The first-order chi connectivity index (χ1) is 14.6. The highest BCUT2D eigenvalue weighted by atomic mass is 79.9. The van der Waals surface area contributed by atoms with E-state index < -0.39 is 28.6 Å². The van der Waals surface area contributed by atoms with Crippen LogP contribution in [0.1, 0.15) is 30.7 Å². The molecule has 3 aromatic rings. The van der Waals surface area contributed by atoms with Crippen LogP contribution in [0, 0.1) is 0 Å². The van der Waals surface area contributed by atoms with Crippen molar-refractivity contribution in [1.29, 1.82) is 0 Å². The Morgan fingerprint density at radius 3 is 2.61 bits per heavy atom. The minimum atomic E-state index is -4.70. The van der Waals surface area contributed by atoms with Crippen LogP contribution in [0.5, 0.6) is 0 Å². The molecule has 0 saturated heterocycles. The number of amides is 2. The van der Waals surface area contributed by atoms with Crippen molar-refractivity contribution in [3.05, 3.63) is 55.4 Å². The van der Waals surface area contributed by atoms with E-state index in [4.69, 9.17) is 17.3 Å². The fraction of sp³-hybridized carbons (Fsp3) is 0.125. The maximum absolute atomic E-state index is 12.9. The van der Waals surface area contributed by atoms with Crippen molar-refractivity contribution < 1.29 is 22.8 Å². The summed E-state index contributed by atoms with van der Waals surface area (Å²) in [5.74, 6) is -1.49. The van der Waals surface area contributed by atoms with Gasteiger partial charge in [-0.15, -0.1) is 11.3 Å². The van der Waals surface area contributed by atoms with E-state index in [9.17, 15) is 22.8 Å². The number of rotatable bonds is 5. The van der Waals surface area contributed by atoms with Crippen molar-refractivity contribution in [1.82, 2.24) is 25.3 Å². The van der Waals surface area contributed by atoms with Crippen LogP contribution in [0.3, 0.4) is 0 Å². The molecule has 0 aromatic carbocycles. The first-order valence-electron chi connectivity index (χ1n) is 8.09. The predicted octanol–water partition coefficient (Wildman–Crippen LogP) is 3.53. The molecule has 0 aliphatic carbocycles.